The third-order valence-electron chi connectivity index (χ3n) is 4.60. The quantitative estimate of drug-likeness (QED) is 0.811. The summed E-state index contributed by atoms with van der Waals surface area (Å²) in [6.45, 7) is 4.25. The number of hydrogen-bond donors (Lipinski definition) is 0. The molecule has 25 heavy (non-hydrogen) atoms. The van der Waals surface area contributed by atoms with E-state index in [-0.39, 0.29) is 5.91 Å². The van der Waals surface area contributed by atoms with Crippen molar-refractivity contribution in [2.45, 2.75) is 19.4 Å². The van der Waals surface area contributed by atoms with E-state index in [0.29, 0.717) is 6.42 Å². The van der Waals surface area contributed by atoms with Crippen LogP contribution in [0.2, 0.25) is 0 Å². The van der Waals surface area contributed by atoms with Crippen LogP contribution < -0.4 is 4.74 Å². The van der Waals surface area contributed by atoms with Crippen LogP contribution in [0.5, 0.6) is 5.75 Å². The molecule has 0 saturated carbocycles. The molecule has 0 aliphatic carbocycles. The Balaban J connectivity index is 1.43. The molecule has 1 amide bonds. The Labute approximate surface area is 149 Å². The summed E-state index contributed by atoms with van der Waals surface area (Å²) in [5, 5.41) is 0. The molecule has 1 aromatic carbocycles. The van der Waals surface area contributed by atoms with Gasteiger partial charge in [0.05, 0.1) is 12.8 Å². The molecule has 0 unspecified atom stereocenters. The maximum absolute atomic E-state index is 12.5. The fourth-order valence-electron chi connectivity index (χ4n) is 3.11. The Morgan fingerprint density at radius 2 is 1.96 bits per heavy atom. The number of hydrogen-bond acceptors (Lipinski definition) is 4. The lowest BCUT2D eigenvalue weighted by atomic mass is 10.1. The van der Waals surface area contributed by atoms with Crippen LogP contribution in [0.15, 0.2) is 48.7 Å². The molecule has 2 aromatic rings. The minimum Gasteiger partial charge on any atom is -0.497 e. The summed E-state index contributed by atoms with van der Waals surface area (Å²) in [6.07, 6.45) is 3.13. The molecule has 1 aliphatic heterocycles. The minimum atomic E-state index is 0.236. The van der Waals surface area contributed by atoms with Gasteiger partial charge in [-0.15, -0.1) is 0 Å². The fourth-order valence-corrected chi connectivity index (χ4v) is 3.11. The van der Waals surface area contributed by atoms with E-state index in [1.54, 1.807) is 7.11 Å². The van der Waals surface area contributed by atoms with Gasteiger partial charge in [0.1, 0.15) is 5.75 Å². The number of methoxy groups -OCH3 is 1. The van der Waals surface area contributed by atoms with Gasteiger partial charge < -0.3 is 9.64 Å². The van der Waals surface area contributed by atoms with E-state index >= 15 is 0 Å². The third-order valence-corrected chi connectivity index (χ3v) is 4.60. The molecule has 1 aromatic heterocycles. The van der Waals surface area contributed by atoms with Crippen LogP contribution in [-0.4, -0.2) is 54.0 Å². The fraction of sp³-hybridized carbons (Fsp3) is 0.400. The Morgan fingerprint density at radius 3 is 2.68 bits per heavy atom. The van der Waals surface area contributed by atoms with Gasteiger partial charge in [-0.05, 0) is 36.2 Å². The highest BCUT2D eigenvalue weighted by Gasteiger charge is 2.21. The second-order valence-corrected chi connectivity index (χ2v) is 6.33. The molecule has 3 rings (SSSR count). The van der Waals surface area contributed by atoms with Crippen LogP contribution in [0, 0.1) is 0 Å². The van der Waals surface area contributed by atoms with E-state index in [1.165, 1.54) is 0 Å². The maximum atomic E-state index is 12.5. The van der Waals surface area contributed by atoms with E-state index in [1.807, 2.05) is 53.6 Å². The number of benzene rings is 1. The molecule has 5 nitrogen and oxygen atoms in total. The van der Waals surface area contributed by atoms with Crippen molar-refractivity contribution in [2.75, 3.05) is 33.3 Å². The molecule has 0 bridgehead atoms. The van der Waals surface area contributed by atoms with Gasteiger partial charge in [-0.25, -0.2) is 0 Å². The van der Waals surface area contributed by atoms with E-state index in [2.05, 4.69) is 9.88 Å². The number of amides is 1. The minimum absolute atomic E-state index is 0.236. The van der Waals surface area contributed by atoms with Gasteiger partial charge in [-0.1, -0.05) is 18.2 Å². The number of pyridine rings is 1. The molecule has 0 atom stereocenters. The van der Waals surface area contributed by atoms with Gasteiger partial charge in [-0.2, -0.15) is 0 Å². The highest BCUT2D eigenvalue weighted by Crippen LogP contribution is 2.15. The highest BCUT2D eigenvalue weighted by atomic mass is 16.5. The van der Waals surface area contributed by atoms with Crippen LogP contribution in [0.4, 0.5) is 0 Å². The van der Waals surface area contributed by atoms with Crippen molar-refractivity contribution < 1.29 is 9.53 Å². The van der Waals surface area contributed by atoms with Crippen molar-refractivity contribution in [2.24, 2.45) is 0 Å². The van der Waals surface area contributed by atoms with Gasteiger partial charge in [-0.3, -0.25) is 14.7 Å². The molecule has 1 fully saturated rings. The molecular weight excluding hydrogens is 314 g/mol. The van der Waals surface area contributed by atoms with Crippen LogP contribution in [0.25, 0.3) is 0 Å². The maximum Gasteiger partial charge on any atom is 0.222 e. The number of nitrogens with zero attached hydrogens (tertiary/aromatic N) is 3. The lowest BCUT2D eigenvalue weighted by Crippen LogP contribution is -2.48. The summed E-state index contributed by atoms with van der Waals surface area (Å²) in [7, 11) is 1.66. The molecule has 5 heteroatoms. The van der Waals surface area contributed by atoms with Gasteiger partial charge in [0.2, 0.25) is 5.91 Å². The number of aromatic nitrogens is 1. The molecule has 2 heterocycles. The summed E-state index contributed by atoms with van der Waals surface area (Å²) in [5.74, 6) is 1.08. The number of aryl methyl sites for hydroxylation is 1. The Hall–Kier alpha value is -2.40. The van der Waals surface area contributed by atoms with Gasteiger partial charge in [0, 0.05) is 45.3 Å². The van der Waals surface area contributed by atoms with E-state index in [9.17, 15) is 4.79 Å². The number of ether oxygens (including phenoxy) is 1. The van der Waals surface area contributed by atoms with Crippen molar-refractivity contribution in [1.82, 2.24) is 14.8 Å². The molecule has 1 aliphatic rings. The van der Waals surface area contributed by atoms with E-state index in [0.717, 1.165) is 56.2 Å². The lowest BCUT2D eigenvalue weighted by Gasteiger charge is -2.34. The summed E-state index contributed by atoms with van der Waals surface area (Å²) < 4.78 is 5.23. The first-order valence-electron chi connectivity index (χ1n) is 8.77. The highest BCUT2D eigenvalue weighted by molar-refractivity contribution is 5.76. The second kappa shape index (κ2) is 8.62. The van der Waals surface area contributed by atoms with Gasteiger partial charge in [0.15, 0.2) is 0 Å². The summed E-state index contributed by atoms with van der Waals surface area (Å²) >= 11 is 0. The normalized spacial score (nSPS) is 15.2. The summed E-state index contributed by atoms with van der Waals surface area (Å²) in [4.78, 5) is 21.2. The lowest BCUT2D eigenvalue weighted by molar-refractivity contribution is -0.133. The zero-order valence-electron chi connectivity index (χ0n) is 14.7. The van der Waals surface area contributed by atoms with Crippen LogP contribution in [0.3, 0.4) is 0 Å². The van der Waals surface area contributed by atoms with Crippen molar-refractivity contribution in [3.8, 4) is 5.75 Å². The average molecular weight is 339 g/mol. The zero-order chi connectivity index (χ0) is 17.5. The predicted octanol–water partition coefficient (Wildman–Crippen LogP) is 2.37. The van der Waals surface area contributed by atoms with Gasteiger partial charge in [0.25, 0.3) is 0 Å². The monoisotopic (exact) mass is 339 g/mol. The molecule has 132 valence electrons. The number of carbonyl (C=O) groups excluding carboxylic acids is 1. The Kier molecular flexibility index (Phi) is 6.01. The molecule has 0 N–H and O–H groups in total. The van der Waals surface area contributed by atoms with Crippen LogP contribution >= 0.6 is 0 Å². The Morgan fingerprint density at radius 1 is 1.12 bits per heavy atom. The summed E-state index contributed by atoms with van der Waals surface area (Å²) in [5.41, 5.74) is 2.22. The first kappa shape index (κ1) is 17.4. The SMILES string of the molecule is COc1cccc(CCC(=O)N2CCN(Cc3ccccn3)CC2)c1. The van der Waals surface area contributed by atoms with Crippen molar-refractivity contribution in [3.05, 3.63) is 59.9 Å². The molecule has 1 saturated heterocycles. The molecule has 0 radical (unpaired) electrons. The van der Waals surface area contributed by atoms with Gasteiger partial charge >= 0.3 is 0 Å². The largest absolute Gasteiger partial charge is 0.497 e. The van der Waals surface area contributed by atoms with E-state index in [4.69, 9.17) is 4.74 Å². The summed E-state index contributed by atoms with van der Waals surface area (Å²) in [6, 6.07) is 13.9. The second-order valence-electron chi connectivity index (χ2n) is 6.33. The Bertz CT molecular complexity index is 682. The average Bonchev–Trinajstić information content (AvgIpc) is 2.67. The first-order chi connectivity index (χ1) is 12.2. The number of piperazine rings is 1. The topological polar surface area (TPSA) is 45.7 Å². The van der Waals surface area contributed by atoms with Crippen molar-refractivity contribution >= 4 is 5.91 Å². The molecule has 0 spiro atoms. The standard InChI is InChI=1S/C20H25N3O2/c1-25-19-7-4-5-17(15-19)8-9-20(24)23-13-11-22(12-14-23)16-18-6-2-3-10-21-18/h2-7,10,15H,8-9,11-14,16H2,1H3. The number of rotatable bonds is 6. The predicted molar refractivity (Wildman–Crippen MR) is 97.4 cm³/mol. The van der Waals surface area contributed by atoms with E-state index < -0.39 is 0 Å². The van der Waals surface area contributed by atoms with Crippen LogP contribution in [0.1, 0.15) is 17.7 Å². The van der Waals surface area contributed by atoms with Crippen molar-refractivity contribution in [1.29, 1.82) is 0 Å². The number of carbonyl (C=O) groups is 1. The zero-order valence-corrected chi connectivity index (χ0v) is 14.7. The van der Waals surface area contributed by atoms with Crippen molar-refractivity contribution in [3.63, 3.8) is 0 Å². The third kappa shape index (κ3) is 5.03. The smallest absolute Gasteiger partial charge is 0.222 e. The first-order valence-corrected chi connectivity index (χ1v) is 8.77. The van der Waals surface area contributed by atoms with Crippen LogP contribution in [-0.2, 0) is 17.8 Å². The molecular formula is C20H25N3O2.